The van der Waals surface area contributed by atoms with Gasteiger partial charge in [0.25, 0.3) is 5.91 Å². The Morgan fingerprint density at radius 3 is 2.84 bits per heavy atom. The van der Waals surface area contributed by atoms with Gasteiger partial charge in [0.2, 0.25) is 0 Å². The van der Waals surface area contributed by atoms with E-state index < -0.39 is 0 Å². The fraction of sp³-hybridized carbons (Fsp3) is 0.615. The highest BCUT2D eigenvalue weighted by atomic mass is 35.5. The van der Waals surface area contributed by atoms with E-state index in [1.807, 2.05) is 11.9 Å². The van der Waals surface area contributed by atoms with Gasteiger partial charge in [0, 0.05) is 25.8 Å². The van der Waals surface area contributed by atoms with Gasteiger partial charge in [-0.3, -0.25) is 4.79 Å². The predicted octanol–water partition coefficient (Wildman–Crippen LogP) is 2.44. The van der Waals surface area contributed by atoms with Crippen LogP contribution >= 0.6 is 24.0 Å². The molecule has 1 saturated heterocycles. The van der Waals surface area contributed by atoms with Crippen LogP contribution in [-0.2, 0) is 7.05 Å². The first-order valence-electron chi connectivity index (χ1n) is 6.46. The highest BCUT2D eigenvalue weighted by molar-refractivity contribution is 6.31. The van der Waals surface area contributed by atoms with E-state index in [4.69, 9.17) is 17.3 Å². The van der Waals surface area contributed by atoms with Crippen LogP contribution in [0.25, 0.3) is 0 Å². The Kier molecular flexibility index (Phi) is 6.17. The number of carbonyl (C=O) groups is 1. The predicted molar refractivity (Wildman–Crippen MR) is 80.0 cm³/mol. The Morgan fingerprint density at radius 1 is 1.53 bits per heavy atom. The minimum Gasteiger partial charge on any atom is -0.345 e. The lowest BCUT2D eigenvalue weighted by atomic mass is 9.99. The fourth-order valence-corrected chi connectivity index (χ4v) is 2.89. The van der Waals surface area contributed by atoms with Crippen LogP contribution in [0.4, 0.5) is 0 Å². The molecule has 19 heavy (non-hydrogen) atoms. The first kappa shape index (κ1) is 16.3. The fourth-order valence-electron chi connectivity index (χ4n) is 2.64. The summed E-state index contributed by atoms with van der Waals surface area (Å²) in [6, 6.07) is 2.02. The van der Waals surface area contributed by atoms with E-state index in [0.717, 1.165) is 25.8 Å². The zero-order valence-corrected chi connectivity index (χ0v) is 12.7. The molecule has 2 heterocycles. The number of aromatic nitrogens is 1. The van der Waals surface area contributed by atoms with Crippen LogP contribution in [0.5, 0.6) is 0 Å². The third kappa shape index (κ3) is 3.65. The normalized spacial score (nSPS) is 19.1. The number of nitrogens with two attached hydrogens (primary N) is 1. The van der Waals surface area contributed by atoms with Crippen molar-refractivity contribution in [3.05, 3.63) is 23.0 Å². The van der Waals surface area contributed by atoms with Gasteiger partial charge in [-0.25, -0.2) is 0 Å². The van der Waals surface area contributed by atoms with Crippen molar-refractivity contribution in [1.29, 1.82) is 0 Å². The largest absolute Gasteiger partial charge is 0.345 e. The molecule has 108 valence electrons. The van der Waals surface area contributed by atoms with E-state index in [9.17, 15) is 4.79 Å². The van der Waals surface area contributed by atoms with Crippen molar-refractivity contribution in [2.45, 2.75) is 31.7 Å². The van der Waals surface area contributed by atoms with Crippen molar-refractivity contribution in [3.8, 4) is 0 Å². The van der Waals surface area contributed by atoms with E-state index in [1.54, 1.807) is 16.8 Å². The van der Waals surface area contributed by atoms with Crippen LogP contribution in [0.3, 0.4) is 0 Å². The third-order valence-corrected chi connectivity index (χ3v) is 3.79. The summed E-state index contributed by atoms with van der Waals surface area (Å²) >= 11 is 5.93. The minimum absolute atomic E-state index is 0. The van der Waals surface area contributed by atoms with Gasteiger partial charge in [0.05, 0.1) is 5.02 Å². The number of hydrogen-bond donors (Lipinski definition) is 1. The quantitative estimate of drug-likeness (QED) is 0.932. The summed E-state index contributed by atoms with van der Waals surface area (Å²) in [5.41, 5.74) is 6.29. The monoisotopic (exact) mass is 305 g/mol. The molecular weight excluding hydrogens is 285 g/mol. The number of rotatable bonds is 3. The number of halogens is 2. The molecule has 0 aromatic carbocycles. The summed E-state index contributed by atoms with van der Waals surface area (Å²) in [5.74, 6) is 0.0718. The second kappa shape index (κ2) is 7.17. The smallest absolute Gasteiger partial charge is 0.270 e. The molecule has 1 amide bonds. The van der Waals surface area contributed by atoms with Crippen LogP contribution in [0, 0.1) is 0 Å². The van der Waals surface area contributed by atoms with Gasteiger partial charge < -0.3 is 15.2 Å². The molecule has 0 aliphatic carbocycles. The number of amides is 1. The average Bonchev–Trinajstić information content (AvgIpc) is 2.69. The number of carbonyl (C=O) groups excluding carboxylic acids is 1. The highest BCUT2D eigenvalue weighted by Crippen LogP contribution is 2.23. The van der Waals surface area contributed by atoms with Gasteiger partial charge in [-0.05, 0) is 38.3 Å². The molecule has 1 atom stereocenters. The van der Waals surface area contributed by atoms with Gasteiger partial charge in [-0.15, -0.1) is 12.4 Å². The van der Waals surface area contributed by atoms with Gasteiger partial charge in [0.1, 0.15) is 5.69 Å². The minimum atomic E-state index is 0. The molecular formula is C13H21Cl2N3O. The summed E-state index contributed by atoms with van der Waals surface area (Å²) in [5, 5.41) is 0.605. The Labute approximate surface area is 125 Å². The Balaban J connectivity index is 0.00000180. The molecule has 1 aliphatic heterocycles. The summed E-state index contributed by atoms with van der Waals surface area (Å²) in [7, 11) is 1.85. The molecule has 0 spiro atoms. The maximum Gasteiger partial charge on any atom is 0.270 e. The molecule has 2 N–H and O–H groups in total. The summed E-state index contributed by atoms with van der Waals surface area (Å²) in [6.45, 7) is 1.45. The van der Waals surface area contributed by atoms with Gasteiger partial charge in [0.15, 0.2) is 0 Å². The van der Waals surface area contributed by atoms with Crippen LogP contribution in [0.15, 0.2) is 12.3 Å². The molecule has 0 radical (unpaired) electrons. The molecule has 1 aromatic heterocycles. The second-order valence-corrected chi connectivity index (χ2v) is 5.32. The topological polar surface area (TPSA) is 51.3 Å². The molecule has 1 unspecified atom stereocenters. The van der Waals surface area contributed by atoms with Gasteiger partial charge >= 0.3 is 0 Å². The van der Waals surface area contributed by atoms with Crippen LogP contribution < -0.4 is 5.73 Å². The van der Waals surface area contributed by atoms with E-state index >= 15 is 0 Å². The van der Waals surface area contributed by atoms with Crippen molar-refractivity contribution in [2.75, 3.05) is 13.1 Å². The van der Waals surface area contributed by atoms with E-state index in [1.165, 1.54) is 6.42 Å². The SMILES string of the molecule is Cl.Cn1cc(Cl)cc1C(=O)N1CCCCC1CCN. The van der Waals surface area contributed by atoms with E-state index in [2.05, 4.69) is 0 Å². The van der Waals surface area contributed by atoms with Crippen LogP contribution in [-0.4, -0.2) is 34.5 Å². The van der Waals surface area contributed by atoms with Gasteiger partial charge in [-0.2, -0.15) is 0 Å². The lowest BCUT2D eigenvalue weighted by Crippen LogP contribution is -2.45. The molecule has 1 aromatic rings. The Bertz CT molecular complexity index is 432. The molecule has 0 bridgehead atoms. The van der Waals surface area contributed by atoms with Gasteiger partial charge in [-0.1, -0.05) is 11.6 Å². The maximum atomic E-state index is 12.5. The van der Waals surface area contributed by atoms with E-state index in [-0.39, 0.29) is 24.4 Å². The number of nitrogens with zero attached hydrogens (tertiary/aromatic N) is 2. The average molecular weight is 306 g/mol. The third-order valence-electron chi connectivity index (χ3n) is 3.58. The molecule has 1 fully saturated rings. The van der Waals surface area contributed by atoms with Crippen LogP contribution in [0.2, 0.25) is 5.02 Å². The lowest BCUT2D eigenvalue weighted by Gasteiger charge is -2.35. The number of piperidine rings is 1. The number of likely N-dealkylation sites (tertiary alicyclic amines) is 1. The summed E-state index contributed by atoms with van der Waals surface area (Å²) < 4.78 is 1.79. The number of hydrogen-bond acceptors (Lipinski definition) is 2. The molecule has 4 nitrogen and oxygen atoms in total. The van der Waals surface area contributed by atoms with Crippen molar-refractivity contribution in [2.24, 2.45) is 12.8 Å². The zero-order chi connectivity index (χ0) is 13.1. The van der Waals surface area contributed by atoms with Crippen LogP contribution in [0.1, 0.15) is 36.2 Å². The van der Waals surface area contributed by atoms with Crippen molar-refractivity contribution >= 4 is 29.9 Å². The molecule has 0 saturated carbocycles. The zero-order valence-electron chi connectivity index (χ0n) is 11.1. The second-order valence-electron chi connectivity index (χ2n) is 4.88. The first-order chi connectivity index (χ1) is 8.63. The summed E-state index contributed by atoms with van der Waals surface area (Å²) in [4.78, 5) is 14.5. The lowest BCUT2D eigenvalue weighted by molar-refractivity contribution is 0.0595. The Hall–Kier alpha value is -0.710. The molecule has 2 rings (SSSR count). The summed E-state index contributed by atoms with van der Waals surface area (Å²) in [6.07, 6.45) is 5.95. The maximum absolute atomic E-state index is 12.5. The molecule has 1 aliphatic rings. The number of aryl methyl sites for hydroxylation is 1. The van der Waals surface area contributed by atoms with Crippen molar-refractivity contribution in [1.82, 2.24) is 9.47 Å². The highest BCUT2D eigenvalue weighted by Gasteiger charge is 2.28. The van der Waals surface area contributed by atoms with E-state index in [0.29, 0.717) is 17.3 Å². The first-order valence-corrected chi connectivity index (χ1v) is 6.84. The molecule has 6 heteroatoms. The van der Waals surface area contributed by atoms with Crippen molar-refractivity contribution < 1.29 is 4.79 Å². The Morgan fingerprint density at radius 2 is 2.26 bits per heavy atom. The van der Waals surface area contributed by atoms with Crippen molar-refractivity contribution in [3.63, 3.8) is 0 Å². The standard InChI is InChI=1S/C13H20ClN3O.ClH/c1-16-9-10(14)8-12(16)13(18)17-7-3-2-4-11(17)5-6-15;/h8-9,11H,2-7,15H2,1H3;1H.